The molecule has 1 heterocycles. The molecular weight excluding hydrogens is 280 g/mol. The van der Waals surface area contributed by atoms with Gasteiger partial charge in [-0.05, 0) is 31.6 Å². The van der Waals surface area contributed by atoms with E-state index in [0.29, 0.717) is 6.54 Å². The number of hydrogen-bond acceptors (Lipinski definition) is 4. The number of carbonyl (C=O) groups excluding carboxylic acids is 1. The van der Waals surface area contributed by atoms with Crippen molar-refractivity contribution in [2.24, 2.45) is 10.6 Å². The summed E-state index contributed by atoms with van der Waals surface area (Å²) in [6.45, 7) is 4.18. The van der Waals surface area contributed by atoms with Gasteiger partial charge >= 0.3 is 0 Å². The van der Waals surface area contributed by atoms with E-state index in [1.807, 2.05) is 0 Å². The van der Waals surface area contributed by atoms with Crippen molar-refractivity contribution in [2.45, 2.75) is 44.4 Å². The molecule has 1 aromatic heterocycles. The molecule has 0 radical (unpaired) electrons. The number of nitrogens with two attached hydrogens (primary N) is 1. The molecule has 0 aliphatic heterocycles. The van der Waals surface area contributed by atoms with Gasteiger partial charge in [0.05, 0.1) is 5.69 Å². The van der Waals surface area contributed by atoms with Gasteiger partial charge in [0.2, 0.25) is 10.0 Å². The van der Waals surface area contributed by atoms with Crippen LogP contribution in [-0.2, 0) is 10.0 Å². The van der Waals surface area contributed by atoms with Gasteiger partial charge in [-0.3, -0.25) is 9.89 Å². The lowest BCUT2D eigenvalue weighted by atomic mass is 10.0. The van der Waals surface area contributed by atoms with Crippen LogP contribution in [-0.4, -0.2) is 31.1 Å². The molecule has 0 atom stereocenters. The SMILES string of the molecule is CCCC1(CNC(=O)c2n[nH]c(C)c2S(N)(=O)=O)CC1. The number of nitrogens with one attached hydrogen (secondary N) is 2. The second kappa shape index (κ2) is 5.17. The first-order valence-corrected chi connectivity index (χ1v) is 8.20. The molecule has 2 rings (SSSR count). The summed E-state index contributed by atoms with van der Waals surface area (Å²) >= 11 is 0. The van der Waals surface area contributed by atoms with Gasteiger partial charge in [0.25, 0.3) is 5.91 Å². The van der Waals surface area contributed by atoms with Crippen molar-refractivity contribution in [2.75, 3.05) is 6.54 Å². The van der Waals surface area contributed by atoms with Gasteiger partial charge in [0.15, 0.2) is 5.69 Å². The number of carbonyl (C=O) groups is 1. The van der Waals surface area contributed by atoms with Gasteiger partial charge in [-0.2, -0.15) is 5.10 Å². The summed E-state index contributed by atoms with van der Waals surface area (Å²) in [6, 6.07) is 0. The molecule has 8 heteroatoms. The van der Waals surface area contributed by atoms with Crippen LogP contribution in [0.15, 0.2) is 4.90 Å². The number of primary sulfonamides is 1. The second-order valence-corrected chi connectivity index (χ2v) is 7.00. The molecule has 112 valence electrons. The van der Waals surface area contributed by atoms with Crippen LogP contribution in [0, 0.1) is 12.3 Å². The van der Waals surface area contributed by atoms with Crippen molar-refractivity contribution in [1.82, 2.24) is 15.5 Å². The van der Waals surface area contributed by atoms with E-state index in [1.165, 1.54) is 6.92 Å². The fourth-order valence-electron chi connectivity index (χ4n) is 2.49. The molecule has 1 aliphatic carbocycles. The average Bonchev–Trinajstić information content (AvgIpc) is 2.99. The van der Waals surface area contributed by atoms with Crippen LogP contribution in [0.5, 0.6) is 0 Å². The number of rotatable bonds is 6. The number of sulfonamides is 1. The zero-order chi connectivity index (χ0) is 15.0. The number of hydrogen-bond donors (Lipinski definition) is 3. The van der Waals surface area contributed by atoms with Gasteiger partial charge in [-0.15, -0.1) is 0 Å². The number of amides is 1. The van der Waals surface area contributed by atoms with Gasteiger partial charge in [0.1, 0.15) is 4.90 Å². The Labute approximate surface area is 118 Å². The molecule has 1 aromatic rings. The number of nitrogens with zero attached hydrogens (tertiary/aromatic N) is 1. The van der Waals surface area contributed by atoms with Crippen molar-refractivity contribution in [1.29, 1.82) is 0 Å². The normalized spacial score (nSPS) is 16.9. The molecule has 4 N–H and O–H groups in total. The maximum Gasteiger partial charge on any atom is 0.273 e. The zero-order valence-electron chi connectivity index (χ0n) is 11.7. The topological polar surface area (TPSA) is 118 Å². The lowest BCUT2D eigenvalue weighted by Gasteiger charge is -2.14. The van der Waals surface area contributed by atoms with E-state index < -0.39 is 15.9 Å². The highest BCUT2D eigenvalue weighted by Crippen LogP contribution is 2.48. The van der Waals surface area contributed by atoms with Crippen LogP contribution < -0.4 is 10.5 Å². The predicted octanol–water partition coefficient (Wildman–Crippen LogP) is 0.676. The molecule has 0 unspecified atom stereocenters. The Kier molecular flexibility index (Phi) is 3.88. The summed E-state index contributed by atoms with van der Waals surface area (Å²) in [7, 11) is -3.97. The molecule has 1 saturated carbocycles. The first kappa shape index (κ1) is 15.0. The third-order valence-corrected chi connectivity index (χ3v) is 4.82. The largest absolute Gasteiger partial charge is 0.350 e. The molecule has 20 heavy (non-hydrogen) atoms. The monoisotopic (exact) mass is 300 g/mol. The maximum atomic E-state index is 12.1. The molecule has 0 aromatic carbocycles. The molecule has 0 bridgehead atoms. The summed E-state index contributed by atoms with van der Waals surface area (Å²) in [5.74, 6) is -0.499. The molecule has 1 aliphatic rings. The summed E-state index contributed by atoms with van der Waals surface area (Å²) in [5, 5.41) is 14.1. The second-order valence-electron chi connectivity index (χ2n) is 5.50. The number of aromatic amines is 1. The number of aromatic nitrogens is 2. The molecule has 0 saturated heterocycles. The van der Waals surface area contributed by atoms with Gasteiger partial charge in [-0.25, -0.2) is 13.6 Å². The minimum absolute atomic E-state index is 0.155. The zero-order valence-corrected chi connectivity index (χ0v) is 12.5. The Morgan fingerprint density at radius 2 is 2.15 bits per heavy atom. The van der Waals surface area contributed by atoms with Gasteiger partial charge in [-0.1, -0.05) is 13.3 Å². The molecule has 1 fully saturated rings. The Morgan fingerprint density at radius 1 is 1.50 bits per heavy atom. The third-order valence-electron chi connectivity index (χ3n) is 3.75. The first-order valence-electron chi connectivity index (χ1n) is 6.65. The van der Waals surface area contributed by atoms with Crippen molar-refractivity contribution < 1.29 is 13.2 Å². The molecule has 0 spiro atoms. The van der Waals surface area contributed by atoms with Crippen LogP contribution in [0.1, 0.15) is 48.8 Å². The first-order chi connectivity index (χ1) is 9.29. The number of aryl methyl sites for hydroxylation is 1. The van der Waals surface area contributed by atoms with Crippen LogP contribution in [0.3, 0.4) is 0 Å². The van der Waals surface area contributed by atoms with Crippen LogP contribution >= 0.6 is 0 Å². The van der Waals surface area contributed by atoms with Crippen molar-refractivity contribution in [3.8, 4) is 0 Å². The van der Waals surface area contributed by atoms with E-state index in [-0.39, 0.29) is 21.7 Å². The van der Waals surface area contributed by atoms with Crippen LogP contribution in [0.25, 0.3) is 0 Å². The van der Waals surface area contributed by atoms with E-state index >= 15 is 0 Å². The van der Waals surface area contributed by atoms with E-state index in [0.717, 1.165) is 25.7 Å². The smallest absolute Gasteiger partial charge is 0.273 e. The van der Waals surface area contributed by atoms with E-state index in [9.17, 15) is 13.2 Å². The standard InChI is InChI=1S/C12H20N4O3S/c1-3-4-12(5-6-12)7-14-11(17)9-10(20(13,18)19)8(2)15-16-9/h3-7H2,1-2H3,(H,14,17)(H,15,16)(H2,13,18,19). The molecule has 1 amide bonds. The molecule has 7 nitrogen and oxygen atoms in total. The lowest BCUT2D eigenvalue weighted by Crippen LogP contribution is -2.32. The maximum absolute atomic E-state index is 12.1. The minimum atomic E-state index is -3.97. The third kappa shape index (κ3) is 3.01. The summed E-state index contributed by atoms with van der Waals surface area (Å²) < 4.78 is 23.0. The Morgan fingerprint density at radius 3 is 2.65 bits per heavy atom. The lowest BCUT2D eigenvalue weighted by molar-refractivity contribution is 0.0935. The highest BCUT2D eigenvalue weighted by Gasteiger charge is 2.41. The highest BCUT2D eigenvalue weighted by atomic mass is 32.2. The quantitative estimate of drug-likeness (QED) is 0.715. The van der Waals surface area contributed by atoms with E-state index in [2.05, 4.69) is 22.4 Å². The fraction of sp³-hybridized carbons (Fsp3) is 0.667. The van der Waals surface area contributed by atoms with Gasteiger partial charge in [0, 0.05) is 6.54 Å². The van der Waals surface area contributed by atoms with Crippen LogP contribution in [0.2, 0.25) is 0 Å². The predicted molar refractivity (Wildman–Crippen MR) is 73.6 cm³/mol. The molecular formula is C12H20N4O3S. The number of H-pyrrole nitrogens is 1. The highest BCUT2D eigenvalue weighted by molar-refractivity contribution is 7.89. The summed E-state index contributed by atoms with van der Waals surface area (Å²) in [4.78, 5) is 11.9. The summed E-state index contributed by atoms with van der Waals surface area (Å²) in [6.07, 6.45) is 4.33. The van der Waals surface area contributed by atoms with Crippen LogP contribution in [0.4, 0.5) is 0 Å². The van der Waals surface area contributed by atoms with E-state index in [1.54, 1.807) is 0 Å². The summed E-state index contributed by atoms with van der Waals surface area (Å²) in [5.41, 5.74) is 0.307. The fourth-order valence-corrected chi connectivity index (χ4v) is 3.37. The van der Waals surface area contributed by atoms with Crippen molar-refractivity contribution >= 4 is 15.9 Å². The minimum Gasteiger partial charge on any atom is -0.350 e. The Hall–Kier alpha value is -1.41. The Balaban J connectivity index is 2.11. The van der Waals surface area contributed by atoms with Gasteiger partial charge < -0.3 is 5.32 Å². The van der Waals surface area contributed by atoms with Crippen molar-refractivity contribution in [3.63, 3.8) is 0 Å². The van der Waals surface area contributed by atoms with E-state index in [4.69, 9.17) is 5.14 Å². The Bertz CT molecular complexity index is 617. The van der Waals surface area contributed by atoms with Crippen molar-refractivity contribution in [3.05, 3.63) is 11.4 Å². The average molecular weight is 300 g/mol.